The summed E-state index contributed by atoms with van der Waals surface area (Å²) in [6, 6.07) is 6.27. The van der Waals surface area contributed by atoms with Crippen molar-refractivity contribution in [3.8, 4) is 5.75 Å². The average molecular weight is 359 g/mol. The maximum absolute atomic E-state index is 12.2. The van der Waals surface area contributed by atoms with Crippen molar-refractivity contribution < 1.29 is 22.7 Å². The van der Waals surface area contributed by atoms with Crippen LogP contribution < -0.4 is 15.8 Å². The molecule has 0 aliphatic carbocycles. The molecule has 5 nitrogen and oxygen atoms in total. The normalized spacial score (nSPS) is 21.3. The predicted octanol–water partition coefficient (Wildman–Crippen LogP) is 1.91. The number of amides is 1. The van der Waals surface area contributed by atoms with Crippen molar-refractivity contribution in [1.82, 2.24) is 10.2 Å². The molecule has 0 bridgehead atoms. The molecule has 1 unspecified atom stereocenters. The molecular formula is C17H24F3N3O2. The van der Waals surface area contributed by atoms with E-state index < -0.39 is 12.8 Å². The van der Waals surface area contributed by atoms with Crippen LogP contribution in [-0.4, -0.2) is 49.8 Å². The van der Waals surface area contributed by atoms with E-state index in [1.165, 1.54) is 12.1 Å². The van der Waals surface area contributed by atoms with Crippen LogP contribution in [0.3, 0.4) is 0 Å². The molecule has 140 valence electrons. The van der Waals surface area contributed by atoms with Gasteiger partial charge in [-0.2, -0.15) is 13.2 Å². The first-order chi connectivity index (χ1) is 11.7. The first kappa shape index (κ1) is 19.5. The molecule has 1 amide bonds. The summed E-state index contributed by atoms with van der Waals surface area (Å²) < 4.78 is 41.2. The Hall–Kier alpha value is -1.80. The van der Waals surface area contributed by atoms with Crippen molar-refractivity contribution in [2.45, 2.75) is 26.1 Å². The summed E-state index contributed by atoms with van der Waals surface area (Å²) in [4.78, 5) is 14.1. The second-order valence-corrected chi connectivity index (χ2v) is 6.80. The minimum atomic E-state index is -4.38. The predicted molar refractivity (Wildman–Crippen MR) is 88.1 cm³/mol. The lowest BCUT2D eigenvalue weighted by atomic mass is 9.90. The lowest BCUT2D eigenvalue weighted by molar-refractivity contribution is -0.153. The number of halogens is 3. The lowest BCUT2D eigenvalue weighted by Gasteiger charge is -2.22. The zero-order valence-electron chi connectivity index (χ0n) is 14.2. The molecule has 1 aromatic carbocycles. The van der Waals surface area contributed by atoms with Gasteiger partial charge in [0.25, 0.3) is 0 Å². The summed E-state index contributed by atoms with van der Waals surface area (Å²) in [6.07, 6.45) is -3.41. The van der Waals surface area contributed by atoms with Crippen molar-refractivity contribution in [1.29, 1.82) is 0 Å². The molecule has 0 radical (unpaired) electrons. The maximum Gasteiger partial charge on any atom is 0.422 e. The highest BCUT2D eigenvalue weighted by Crippen LogP contribution is 2.28. The van der Waals surface area contributed by atoms with E-state index in [1.807, 2.05) is 0 Å². The number of carbonyl (C=O) groups excluding carboxylic acids is 1. The Morgan fingerprint density at radius 3 is 2.84 bits per heavy atom. The number of benzene rings is 1. The fraction of sp³-hybridized carbons (Fsp3) is 0.588. The van der Waals surface area contributed by atoms with Gasteiger partial charge >= 0.3 is 6.18 Å². The largest absolute Gasteiger partial charge is 0.484 e. The van der Waals surface area contributed by atoms with Gasteiger partial charge in [-0.25, -0.2) is 0 Å². The molecule has 1 aliphatic rings. The summed E-state index contributed by atoms with van der Waals surface area (Å²) in [5.74, 6) is 0.00483. The molecule has 0 aromatic heterocycles. The SMILES string of the molecule is CC1(CN)CCN(CC(=O)NCc2cccc(OCC(F)(F)F)c2)C1. The summed E-state index contributed by atoms with van der Waals surface area (Å²) >= 11 is 0. The smallest absolute Gasteiger partial charge is 0.422 e. The Balaban J connectivity index is 1.78. The van der Waals surface area contributed by atoms with Gasteiger partial charge in [0, 0.05) is 13.1 Å². The zero-order chi connectivity index (χ0) is 18.5. The van der Waals surface area contributed by atoms with Gasteiger partial charge in [-0.1, -0.05) is 19.1 Å². The summed E-state index contributed by atoms with van der Waals surface area (Å²) in [5, 5.41) is 2.78. The molecule has 1 fully saturated rings. The number of likely N-dealkylation sites (tertiary alicyclic amines) is 1. The highest BCUT2D eigenvalue weighted by Gasteiger charge is 2.33. The van der Waals surface area contributed by atoms with Crippen LogP contribution in [0, 0.1) is 5.41 Å². The third kappa shape index (κ3) is 6.55. The van der Waals surface area contributed by atoms with Crippen molar-refractivity contribution >= 4 is 5.91 Å². The molecule has 2 rings (SSSR count). The third-order valence-corrected chi connectivity index (χ3v) is 4.29. The highest BCUT2D eigenvalue weighted by atomic mass is 19.4. The topological polar surface area (TPSA) is 67.6 Å². The van der Waals surface area contributed by atoms with Crippen LogP contribution in [0.5, 0.6) is 5.75 Å². The van der Waals surface area contributed by atoms with Gasteiger partial charge < -0.3 is 15.8 Å². The number of hydrogen-bond acceptors (Lipinski definition) is 4. The van der Waals surface area contributed by atoms with E-state index in [4.69, 9.17) is 10.5 Å². The Morgan fingerprint density at radius 2 is 2.20 bits per heavy atom. The molecule has 0 saturated carbocycles. The van der Waals surface area contributed by atoms with E-state index in [-0.39, 0.29) is 23.6 Å². The first-order valence-corrected chi connectivity index (χ1v) is 8.17. The van der Waals surface area contributed by atoms with E-state index >= 15 is 0 Å². The molecule has 1 atom stereocenters. The number of rotatable bonds is 7. The minimum absolute atomic E-state index is 0.0600. The number of nitrogens with two attached hydrogens (primary N) is 1. The van der Waals surface area contributed by atoms with Gasteiger partial charge in [0.15, 0.2) is 6.61 Å². The molecule has 3 N–H and O–H groups in total. The monoisotopic (exact) mass is 359 g/mol. The average Bonchev–Trinajstić information content (AvgIpc) is 2.92. The number of ether oxygens (including phenoxy) is 1. The van der Waals surface area contributed by atoms with E-state index in [1.54, 1.807) is 12.1 Å². The van der Waals surface area contributed by atoms with Gasteiger partial charge in [0.2, 0.25) is 5.91 Å². The van der Waals surface area contributed by atoms with Gasteiger partial charge in [-0.15, -0.1) is 0 Å². The standard InChI is InChI=1S/C17H24F3N3O2/c1-16(10-21)5-6-23(11-16)9-15(24)22-8-13-3-2-4-14(7-13)25-12-17(18,19)20/h2-4,7H,5-6,8-12,21H2,1H3,(H,22,24). The van der Waals surface area contributed by atoms with Crippen LogP contribution in [0.4, 0.5) is 13.2 Å². The third-order valence-electron chi connectivity index (χ3n) is 4.29. The fourth-order valence-electron chi connectivity index (χ4n) is 2.80. The molecular weight excluding hydrogens is 335 g/mol. The second kappa shape index (κ2) is 8.05. The van der Waals surface area contributed by atoms with Crippen molar-refractivity contribution in [2.75, 3.05) is 32.8 Å². The quantitative estimate of drug-likeness (QED) is 0.781. The summed E-state index contributed by atoms with van der Waals surface area (Å²) in [6.45, 7) is 3.52. The Bertz CT molecular complexity index is 595. The van der Waals surface area contributed by atoms with E-state index in [2.05, 4.69) is 17.1 Å². The molecule has 1 heterocycles. The van der Waals surface area contributed by atoms with E-state index in [0.717, 1.165) is 19.5 Å². The molecule has 1 aliphatic heterocycles. The molecule has 0 spiro atoms. The van der Waals surface area contributed by atoms with Gasteiger partial charge in [-0.3, -0.25) is 9.69 Å². The number of alkyl halides is 3. The molecule has 8 heteroatoms. The van der Waals surface area contributed by atoms with Gasteiger partial charge in [-0.05, 0) is 42.6 Å². The molecule has 25 heavy (non-hydrogen) atoms. The molecule has 1 aromatic rings. The van der Waals surface area contributed by atoms with E-state index in [9.17, 15) is 18.0 Å². The lowest BCUT2D eigenvalue weighted by Crippen LogP contribution is -2.38. The van der Waals surface area contributed by atoms with Gasteiger partial charge in [0.1, 0.15) is 5.75 Å². The highest BCUT2D eigenvalue weighted by molar-refractivity contribution is 5.78. The van der Waals surface area contributed by atoms with Gasteiger partial charge in [0.05, 0.1) is 6.54 Å². The number of nitrogens with zero attached hydrogens (tertiary/aromatic N) is 1. The number of nitrogens with one attached hydrogen (secondary N) is 1. The van der Waals surface area contributed by atoms with Crippen LogP contribution in [0.1, 0.15) is 18.9 Å². The van der Waals surface area contributed by atoms with Crippen LogP contribution >= 0.6 is 0 Å². The zero-order valence-corrected chi connectivity index (χ0v) is 14.2. The summed E-state index contributed by atoms with van der Waals surface area (Å²) in [7, 11) is 0. The fourth-order valence-corrected chi connectivity index (χ4v) is 2.80. The molecule has 1 saturated heterocycles. The Morgan fingerprint density at radius 1 is 1.44 bits per heavy atom. The minimum Gasteiger partial charge on any atom is -0.484 e. The Kier molecular flexibility index (Phi) is 6.29. The number of hydrogen-bond donors (Lipinski definition) is 2. The van der Waals surface area contributed by atoms with Crippen molar-refractivity contribution in [3.63, 3.8) is 0 Å². The van der Waals surface area contributed by atoms with Crippen molar-refractivity contribution in [2.24, 2.45) is 11.1 Å². The second-order valence-electron chi connectivity index (χ2n) is 6.80. The van der Waals surface area contributed by atoms with Crippen LogP contribution in [0.2, 0.25) is 0 Å². The number of carbonyl (C=O) groups is 1. The maximum atomic E-state index is 12.2. The Labute approximate surface area is 145 Å². The van der Waals surface area contributed by atoms with Crippen molar-refractivity contribution in [3.05, 3.63) is 29.8 Å². The van der Waals surface area contributed by atoms with Crippen LogP contribution in [-0.2, 0) is 11.3 Å². The first-order valence-electron chi connectivity index (χ1n) is 8.17. The van der Waals surface area contributed by atoms with Crippen LogP contribution in [0.15, 0.2) is 24.3 Å². The van der Waals surface area contributed by atoms with E-state index in [0.29, 0.717) is 18.7 Å². The van der Waals surface area contributed by atoms with Crippen LogP contribution in [0.25, 0.3) is 0 Å². The summed E-state index contributed by atoms with van der Waals surface area (Å²) in [5.41, 5.74) is 6.49.